The lowest BCUT2D eigenvalue weighted by Gasteiger charge is -2.13. The summed E-state index contributed by atoms with van der Waals surface area (Å²) in [6.07, 6.45) is -1.73. The lowest BCUT2D eigenvalue weighted by Crippen LogP contribution is -2.17. The predicted molar refractivity (Wildman–Crippen MR) is 58.1 cm³/mol. The van der Waals surface area contributed by atoms with E-state index in [2.05, 4.69) is 4.74 Å². The van der Waals surface area contributed by atoms with E-state index in [4.69, 9.17) is 10.5 Å². The normalized spacial score (nSPS) is 11.9. The molecule has 1 atom stereocenters. The minimum absolute atomic E-state index is 0.00798. The first-order valence-electron chi connectivity index (χ1n) is 5.03. The van der Waals surface area contributed by atoms with Crippen LogP contribution in [0, 0.1) is 5.82 Å². The van der Waals surface area contributed by atoms with Gasteiger partial charge >= 0.3 is 6.09 Å². The van der Waals surface area contributed by atoms with Crippen molar-refractivity contribution < 1.29 is 23.8 Å². The predicted octanol–water partition coefficient (Wildman–Crippen LogP) is 1.35. The number of rotatable bonds is 5. The Kier molecular flexibility index (Phi) is 4.71. The Morgan fingerprint density at radius 1 is 1.53 bits per heavy atom. The molecule has 0 saturated carbocycles. The first kappa shape index (κ1) is 13.2. The molecule has 17 heavy (non-hydrogen) atoms. The fourth-order valence-corrected chi connectivity index (χ4v) is 1.27. The van der Waals surface area contributed by atoms with Gasteiger partial charge < -0.3 is 20.3 Å². The van der Waals surface area contributed by atoms with Crippen molar-refractivity contribution in [2.75, 3.05) is 13.2 Å². The Bertz CT molecular complexity index is 395. The monoisotopic (exact) mass is 243 g/mol. The number of hydrogen-bond acceptors (Lipinski definition) is 4. The van der Waals surface area contributed by atoms with Crippen molar-refractivity contribution in [1.29, 1.82) is 0 Å². The van der Waals surface area contributed by atoms with E-state index in [1.54, 1.807) is 0 Å². The molecular weight excluding hydrogens is 229 g/mol. The Morgan fingerprint density at radius 3 is 2.82 bits per heavy atom. The molecule has 5 nitrogen and oxygen atoms in total. The second kappa shape index (κ2) is 6.05. The summed E-state index contributed by atoms with van der Waals surface area (Å²) in [4.78, 5) is 10.3. The molecule has 1 aromatic rings. The molecule has 6 heteroatoms. The number of carbonyl (C=O) groups is 1. The smallest absolute Gasteiger partial charge is 0.404 e. The topological polar surface area (TPSA) is 81.8 Å². The quantitative estimate of drug-likeness (QED) is 0.765. The Balaban J connectivity index is 2.61. The average Bonchev–Trinajstić information content (AvgIpc) is 2.25. The number of carbonyl (C=O) groups excluding carboxylic acids is 1. The average molecular weight is 243 g/mol. The first-order chi connectivity index (χ1) is 8.00. The van der Waals surface area contributed by atoms with Gasteiger partial charge in [-0.15, -0.1) is 0 Å². The summed E-state index contributed by atoms with van der Waals surface area (Å²) in [6, 6.07) is 3.81. The molecule has 0 heterocycles. The van der Waals surface area contributed by atoms with Crippen LogP contribution in [0.15, 0.2) is 18.2 Å². The summed E-state index contributed by atoms with van der Waals surface area (Å²) < 4.78 is 22.7. The number of amides is 1. The van der Waals surface area contributed by atoms with Crippen LogP contribution in [0.3, 0.4) is 0 Å². The second-order valence-electron chi connectivity index (χ2n) is 3.37. The zero-order chi connectivity index (χ0) is 12.8. The SMILES string of the molecule is CC(O)c1cc(F)ccc1OCCOC(N)=O. The van der Waals surface area contributed by atoms with Gasteiger partial charge in [0.15, 0.2) is 0 Å². The first-order valence-corrected chi connectivity index (χ1v) is 5.03. The van der Waals surface area contributed by atoms with Crippen LogP contribution >= 0.6 is 0 Å². The molecule has 0 fully saturated rings. The minimum atomic E-state index is -0.886. The molecule has 94 valence electrons. The minimum Gasteiger partial charge on any atom is -0.490 e. The molecule has 0 aliphatic heterocycles. The number of hydrogen-bond donors (Lipinski definition) is 2. The zero-order valence-corrected chi connectivity index (χ0v) is 9.35. The highest BCUT2D eigenvalue weighted by molar-refractivity contribution is 5.64. The van der Waals surface area contributed by atoms with Gasteiger partial charge in [0.1, 0.15) is 24.8 Å². The van der Waals surface area contributed by atoms with Crippen molar-refractivity contribution in [2.45, 2.75) is 13.0 Å². The number of aliphatic hydroxyl groups is 1. The van der Waals surface area contributed by atoms with Crippen LogP contribution in [0.4, 0.5) is 9.18 Å². The van der Waals surface area contributed by atoms with Crippen LogP contribution in [-0.2, 0) is 4.74 Å². The molecule has 0 aliphatic rings. The van der Waals surface area contributed by atoms with Crippen LogP contribution in [-0.4, -0.2) is 24.4 Å². The number of nitrogens with two attached hydrogens (primary N) is 1. The van der Waals surface area contributed by atoms with E-state index >= 15 is 0 Å². The largest absolute Gasteiger partial charge is 0.490 e. The molecule has 0 aliphatic carbocycles. The maximum atomic E-state index is 12.9. The number of ether oxygens (including phenoxy) is 2. The van der Waals surface area contributed by atoms with Gasteiger partial charge in [0, 0.05) is 5.56 Å². The zero-order valence-electron chi connectivity index (χ0n) is 9.35. The standard InChI is InChI=1S/C11H14FNO4/c1-7(14)9-6-8(12)2-3-10(9)16-4-5-17-11(13)15/h2-3,6-7,14H,4-5H2,1H3,(H2,13,15). The van der Waals surface area contributed by atoms with Crippen LogP contribution in [0.1, 0.15) is 18.6 Å². The van der Waals surface area contributed by atoms with Crippen LogP contribution in [0.2, 0.25) is 0 Å². The summed E-state index contributed by atoms with van der Waals surface area (Å²) in [7, 11) is 0. The van der Waals surface area contributed by atoms with Crippen molar-refractivity contribution in [2.24, 2.45) is 5.73 Å². The van der Waals surface area contributed by atoms with Gasteiger partial charge in [-0.3, -0.25) is 0 Å². The van der Waals surface area contributed by atoms with E-state index in [-0.39, 0.29) is 13.2 Å². The van der Waals surface area contributed by atoms with Crippen molar-refractivity contribution in [3.05, 3.63) is 29.6 Å². The van der Waals surface area contributed by atoms with Crippen LogP contribution < -0.4 is 10.5 Å². The molecule has 0 spiro atoms. The van der Waals surface area contributed by atoms with Gasteiger partial charge in [-0.05, 0) is 25.1 Å². The Hall–Kier alpha value is -1.82. The van der Waals surface area contributed by atoms with E-state index < -0.39 is 18.0 Å². The van der Waals surface area contributed by atoms with Gasteiger partial charge in [0.05, 0.1) is 6.10 Å². The lowest BCUT2D eigenvalue weighted by molar-refractivity contribution is 0.131. The fraction of sp³-hybridized carbons (Fsp3) is 0.364. The molecular formula is C11H14FNO4. The Morgan fingerprint density at radius 2 is 2.24 bits per heavy atom. The van der Waals surface area contributed by atoms with Crippen molar-refractivity contribution in [1.82, 2.24) is 0 Å². The van der Waals surface area contributed by atoms with Gasteiger partial charge in [0.2, 0.25) is 0 Å². The maximum absolute atomic E-state index is 12.9. The van der Waals surface area contributed by atoms with Gasteiger partial charge in [0.25, 0.3) is 0 Å². The number of halogens is 1. The highest BCUT2D eigenvalue weighted by Gasteiger charge is 2.10. The molecule has 0 saturated heterocycles. The van der Waals surface area contributed by atoms with E-state index in [0.717, 1.165) is 0 Å². The van der Waals surface area contributed by atoms with Gasteiger partial charge in [-0.1, -0.05) is 0 Å². The molecule has 3 N–H and O–H groups in total. The number of primary amides is 1. The van der Waals surface area contributed by atoms with Crippen LogP contribution in [0.25, 0.3) is 0 Å². The summed E-state index contributed by atoms with van der Waals surface area (Å²) in [5.74, 6) is -0.115. The summed E-state index contributed by atoms with van der Waals surface area (Å²) >= 11 is 0. The molecule has 0 bridgehead atoms. The summed E-state index contributed by atoms with van der Waals surface area (Å²) in [5.41, 5.74) is 5.10. The van der Waals surface area contributed by atoms with Crippen molar-refractivity contribution >= 4 is 6.09 Å². The van der Waals surface area contributed by atoms with E-state index in [9.17, 15) is 14.3 Å². The molecule has 0 radical (unpaired) electrons. The highest BCUT2D eigenvalue weighted by Crippen LogP contribution is 2.25. The molecule has 1 unspecified atom stereocenters. The summed E-state index contributed by atoms with van der Waals surface area (Å²) in [5, 5.41) is 9.42. The molecule has 1 rings (SSSR count). The van der Waals surface area contributed by atoms with Gasteiger partial charge in [-0.25, -0.2) is 9.18 Å². The van der Waals surface area contributed by atoms with Crippen molar-refractivity contribution in [3.8, 4) is 5.75 Å². The second-order valence-corrected chi connectivity index (χ2v) is 3.37. The highest BCUT2D eigenvalue weighted by atomic mass is 19.1. The Labute approximate surface area is 97.9 Å². The third-order valence-corrected chi connectivity index (χ3v) is 2.01. The molecule has 1 amide bonds. The van der Waals surface area contributed by atoms with E-state index in [0.29, 0.717) is 11.3 Å². The molecule has 1 aromatic carbocycles. The lowest BCUT2D eigenvalue weighted by atomic mass is 10.1. The number of aliphatic hydroxyl groups excluding tert-OH is 1. The third-order valence-electron chi connectivity index (χ3n) is 2.01. The third kappa shape index (κ3) is 4.28. The van der Waals surface area contributed by atoms with Crippen molar-refractivity contribution in [3.63, 3.8) is 0 Å². The van der Waals surface area contributed by atoms with Crippen LogP contribution in [0.5, 0.6) is 5.75 Å². The molecule has 0 aromatic heterocycles. The van der Waals surface area contributed by atoms with E-state index in [1.165, 1.54) is 25.1 Å². The van der Waals surface area contributed by atoms with Gasteiger partial charge in [-0.2, -0.15) is 0 Å². The summed E-state index contributed by atoms with van der Waals surface area (Å²) in [6.45, 7) is 1.57. The number of benzene rings is 1. The fourth-order valence-electron chi connectivity index (χ4n) is 1.27. The maximum Gasteiger partial charge on any atom is 0.404 e. The van der Waals surface area contributed by atoms with E-state index in [1.807, 2.05) is 0 Å².